The van der Waals surface area contributed by atoms with E-state index in [4.69, 9.17) is 7.58 Å². The van der Waals surface area contributed by atoms with Crippen LogP contribution in [0.3, 0.4) is 0 Å². The van der Waals surface area contributed by atoms with Gasteiger partial charge in [0, 0.05) is 22.2 Å². The summed E-state index contributed by atoms with van der Waals surface area (Å²) in [6.07, 6.45) is 0. The van der Waals surface area contributed by atoms with E-state index in [1.807, 2.05) is 68.2 Å². The van der Waals surface area contributed by atoms with Gasteiger partial charge in [0.1, 0.15) is 22.5 Å². The Hall–Kier alpha value is -2.61. The molecule has 0 spiro atoms. The second kappa shape index (κ2) is 6.95. The van der Waals surface area contributed by atoms with Crippen LogP contribution >= 0.6 is 0 Å². The minimum atomic E-state index is -1.98. The molecule has 0 unspecified atom stereocenters. The predicted octanol–water partition coefficient (Wildman–Crippen LogP) is 4.98. The average Bonchev–Trinajstić information content (AvgIpc) is 2.63. The highest BCUT2D eigenvalue weighted by atomic mass is 27.2. The highest BCUT2D eigenvalue weighted by Crippen LogP contribution is 2.27. The highest BCUT2D eigenvalue weighted by Gasteiger charge is 2.26. The topological polar surface area (TPSA) is 44.2 Å². The van der Waals surface area contributed by atoms with Gasteiger partial charge >= 0.3 is 14.8 Å². The maximum absolute atomic E-state index is 6.19. The molecule has 2 aromatic heterocycles. The first kappa shape index (κ1) is 16.8. The number of benzene rings is 2. The molecule has 0 N–H and O–H groups in total. The molecule has 0 fully saturated rings. The largest absolute Gasteiger partial charge is 0.853 e. The number of nitrogens with zero attached hydrogens (tertiary/aromatic N) is 2. The smallest absolute Gasteiger partial charge is 0.610 e. The number of aromatic nitrogens is 2. The van der Waals surface area contributed by atoms with Crippen molar-refractivity contribution in [1.29, 1.82) is 0 Å². The molecule has 128 valence electrons. The zero-order valence-corrected chi connectivity index (χ0v) is 16.2. The fraction of sp³-hybridized carbons (Fsp3) is 0.143. The van der Waals surface area contributed by atoms with Gasteiger partial charge in [-0.2, -0.15) is 0 Å². The molecule has 0 saturated carbocycles. The van der Waals surface area contributed by atoms with Crippen molar-refractivity contribution >= 4 is 36.6 Å². The lowest BCUT2D eigenvalue weighted by Gasteiger charge is -2.16. The number of rotatable bonds is 4. The van der Waals surface area contributed by atoms with E-state index in [-0.39, 0.29) is 0 Å². The third kappa shape index (κ3) is 3.37. The maximum Gasteiger partial charge on any atom is 0.853 e. The molecule has 0 amide bonds. The fourth-order valence-corrected chi connectivity index (χ4v) is 4.15. The van der Waals surface area contributed by atoms with Gasteiger partial charge in [0.2, 0.25) is 0 Å². The van der Waals surface area contributed by atoms with Crippen LogP contribution in [-0.2, 0) is 0 Å². The molecule has 0 bridgehead atoms. The van der Waals surface area contributed by atoms with Gasteiger partial charge in [-0.3, -0.25) is 0 Å². The Morgan fingerprint density at radius 3 is 1.58 bits per heavy atom. The average molecular weight is 358 g/mol. The third-order valence-corrected chi connectivity index (χ3v) is 5.40. The van der Waals surface area contributed by atoms with Gasteiger partial charge in [-0.05, 0) is 43.9 Å². The van der Waals surface area contributed by atoms with E-state index in [9.17, 15) is 0 Å². The first-order valence-electron chi connectivity index (χ1n) is 8.66. The van der Waals surface area contributed by atoms with E-state index < -0.39 is 14.8 Å². The van der Waals surface area contributed by atoms with Crippen LogP contribution < -0.4 is 7.58 Å². The lowest BCUT2D eigenvalue weighted by molar-refractivity contribution is 0.435. The van der Waals surface area contributed by atoms with Crippen LogP contribution in [0.1, 0.15) is 11.4 Å². The van der Waals surface area contributed by atoms with E-state index in [1.165, 1.54) is 0 Å². The summed E-state index contributed by atoms with van der Waals surface area (Å²) in [4.78, 5) is 9.25. The Morgan fingerprint density at radius 1 is 0.654 bits per heavy atom. The molecular weight excluding hydrogens is 339 g/mol. The van der Waals surface area contributed by atoms with Gasteiger partial charge in [-0.15, -0.1) is 0 Å². The molecule has 4 rings (SSSR count). The van der Waals surface area contributed by atoms with Crippen molar-refractivity contribution in [3.63, 3.8) is 0 Å². The number of hydrogen-bond donors (Lipinski definition) is 0. The van der Waals surface area contributed by atoms with Crippen molar-refractivity contribution in [3.05, 3.63) is 72.1 Å². The van der Waals surface area contributed by atoms with Gasteiger partial charge < -0.3 is 7.58 Å². The van der Waals surface area contributed by atoms with E-state index >= 15 is 0 Å². The molecule has 4 nitrogen and oxygen atoms in total. The fourth-order valence-electron chi connectivity index (χ4n) is 3.01. The van der Waals surface area contributed by atoms with E-state index in [1.54, 1.807) is 0 Å². The minimum absolute atomic E-state index is 0.773. The molecule has 0 aliphatic heterocycles. The van der Waals surface area contributed by atoms with Crippen molar-refractivity contribution in [2.45, 2.75) is 19.6 Å². The quantitative estimate of drug-likeness (QED) is 0.483. The van der Waals surface area contributed by atoms with Crippen molar-refractivity contribution in [2.75, 3.05) is 0 Å². The highest BCUT2D eigenvalue weighted by molar-refractivity contribution is 6.45. The van der Waals surface area contributed by atoms with E-state index in [0.717, 1.165) is 44.7 Å². The molecule has 4 aromatic rings. The maximum atomic E-state index is 6.19. The second-order valence-corrected chi connectivity index (χ2v) is 7.97. The Morgan fingerprint density at radius 2 is 1.12 bits per heavy atom. The van der Waals surface area contributed by atoms with Crippen molar-refractivity contribution in [1.82, 2.24) is 9.97 Å². The van der Waals surface area contributed by atoms with Gasteiger partial charge in [0.15, 0.2) is 0 Å². The van der Waals surface area contributed by atoms with E-state index in [2.05, 4.69) is 22.1 Å². The van der Waals surface area contributed by atoms with Crippen LogP contribution in [0.5, 0.6) is 11.5 Å². The van der Waals surface area contributed by atoms with Gasteiger partial charge in [0.05, 0.1) is 0 Å². The summed E-state index contributed by atoms with van der Waals surface area (Å²) in [5, 5.41) is 2.13. The molecule has 2 aromatic carbocycles. The standard InChI is InChI=1S/2C10H9NO.CH3.Al/c2*1-7-5-6-8-3-2-4-9(12)10(8)11-7;;/h2*2-6,12H,1H3;1H3;/q;;;+2/p-2. The van der Waals surface area contributed by atoms with Crippen molar-refractivity contribution < 1.29 is 7.58 Å². The number of para-hydroxylation sites is 2. The van der Waals surface area contributed by atoms with Crippen LogP contribution in [0.2, 0.25) is 5.79 Å². The van der Waals surface area contributed by atoms with Crippen LogP contribution in [0.25, 0.3) is 21.8 Å². The lowest BCUT2D eigenvalue weighted by Crippen LogP contribution is -2.26. The molecule has 2 heterocycles. The Bertz CT molecular complexity index is 1010. The molecular formula is C21H19AlN2O2. The van der Waals surface area contributed by atoms with Crippen molar-refractivity contribution in [3.8, 4) is 11.5 Å². The van der Waals surface area contributed by atoms with Crippen LogP contribution in [0.4, 0.5) is 0 Å². The molecule has 5 heteroatoms. The summed E-state index contributed by atoms with van der Waals surface area (Å²) in [6.45, 7) is 3.97. The Balaban J connectivity index is 1.63. The molecule has 0 saturated heterocycles. The number of hydrogen-bond acceptors (Lipinski definition) is 4. The first-order chi connectivity index (χ1) is 12.6. The van der Waals surface area contributed by atoms with Gasteiger partial charge in [-0.25, -0.2) is 9.97 Å². The van der Waals surface area contributed by atoms with Crippen LogP contribution in [0.15, 0.2) is 60.7 Å². The van der Waals surface area contributed by atoms with Crippen molar-refractivity contribution in [2.24, 2.45) is 0 Å². The summed E-state index contributed by atoms with van der Waals surface area (Å²) in [5.74, 6) is 3.56. The van der Waals surface area contributed by atoms with Gasteiger partial charge in [0.25, 0.3) is 0 Å². The van der Waals surface area contributed by atoms with Crippen LogP contribution in [-0.4, -0.2) is 24.8 Å². The van der Waals surface area contributed by atoms with Crippen LogP contribution in [0, 0.1) is 13.8 Å². The zero-order chi connectivity index (χ0) is 18.1. The second-order valence-electron chi connectivity index (χ2n) is 6.36. The number of aryl methyl sites for hydroxylation is 2. The normalized spacial score (nSPS) is 10.9. The summed E-state index contributed by atoms with van der Waals surface area (Å²) >= 11 is -1.98. The predicted molar refractivity (Wildman–Crippen MR) is 106 cm³/mol. The Labute approximate surface area is 157 Å². The summed E-state index contributed by atoms with van der Waals surface area (Å²) in [6, 6.07) is 20.1. The number of pyridine rings is 2. The number of fused-ring (bicyclic) bond motifs is 2. The van der Waals surface area contributed by atoms with E-state index in [0.29, 0.717) is 0 Å². The lowest BCUT2D eigenvalue weighted by atomic mass is 10.2. The molecule has 0 atom stereocenters. The summed E-state index contributed by atoms with van der Waals surface area (Å²) in [5.41, 5.74) is 3.69. The molecule has 0 radical (unpaired) electrons. The molecule has 26 heavy (non-hydrogen) atoms. The third-order valence-electron chi connectivity index (χ3n) is 4.23. The molecule has 0 aliphatic carbocycles. The molecule has 0 aliphatic rings. The summed E-state index contributed by atoms with van der Waals surface area (Å²) < 4.78 is 12.4. The Kier molecular flexibility index (Phi) is 4.50. The SMILES string of the molecule is Cc1ccc2cccc([O][Al]([CH3])[O]c3cccc4ccc(C)nc34)c2n1. The summed E-state index contributed by atoms with van der Waals surface area (Å²) in [7, 11) is 0. The minimum Gasteiger partial charge on any atom is -0.610 e. The zero-order valence-electron chi connectivity index (χ0n) is 15.1. The first-order valence-corrected chi connectivity index (χ1v) is 10.8. The monoisotopic (exact) mass is 358 g/mol. The van der Waals surface area contributed by atoms with Gasteiger partial charge in [-0.1, -0.05) is 36.4 Å².